The van der Waals surface area contributed by atoms with Gasteiger partial charge in [0.15, 0.2) is 0 Å². The maximum Gasteiger partial charge on any atom is 0.416 e. The van der Waals surface area contributed by atoms with E-state index in [0.717, 1.165) is 36.2 Å². The molecule has 130 valence electrons. The normalized spacial score (nSPS) is 21.8. The van der Waals surface area contributed by atoms with Crippen molar-refractivity contribution in [1.29, 1.82) is 0 Å². The molecule has 2 bridgehead atoms. The van der Waals surface area contributed by atoms with Crippen LogP contribution in [0.1, 0.15) is 35.7 Å². The first kappa shape index (κ1) is 15.9. The Balaban J connectivity index is 1.53. The van der Waals surface area contributed by atoms with E-state index >= 15 is 0 Å². The van der Waals surface area contributed by atoms with Gasteiger partial charge in [0, 0.05) is 29.9 Å². The Bertz CT molecular complexity index is 806. The largest absolute Gasteiger partial charge is 0.416 e. The molecule has 1 aromatic heterocycles. The highest BCUT2D eigenvalue weighted by Crippen LogP contribution is 2.43. The van der Waals surface area contributed by atoms with E-state index in [0.29, 0.717) is 12.1 Å². The Morgan fingerprint density at radius 3 is 2.68 bits per heavy atom. The van der Waals surface area contributed by atoms with Gasteiger partial charge in [0.2, 0.25) is 0 Å². The number of amides is 2. The second-order valence-electron chi connectivity index (χ2n) is 6.29. The number of carbonyl (C=O) groups is 1. The molecule has 8 heteroatoms. The topological polar surface area (TPSA) is 58.1 Å². The van der Waals surface area contributed by atoms with Crippen molar-refractivity contribution in [3.05, 3.63) is 53.6 Å². The van der Waals surface area contributed by atoms with Crippen LogP contribution in [0.2, 0.25) is 0 Å². The highest BCUT2D eigenvalue weighted by Gasteiger charge is 2.43. The highest BCUT2D eigenvalue weighted by molar-refractivity contribution is 5.90. The van der Waals surface area contributed by atoms with E-state index in [-0.39, 0.29) is 18.1 Å². The van der Waals surface area contributed by atoms with Gasteiger partial charge in [-0.25, -0.2) is 14.8 Å². The third-order valence-corrected chi connectivity index (χ3v) is 4.82. The zero-order valence-corrected chi connectivity index (χ0v) is 13.1. The van der Waals surface area contributed by atoms with Crippen LogP contribution in [0, 0.1) is 0 Å². The maximum absolute atomic E-state index is 12.7. The number of nitrogens with one attached hydrogen (secondary N) is 1. The van der Waals surface area contributed by atoms with E-state index in [1.54, 1.807) is 11.1 Å². The van der Waals surface area contributed by atoms with Crippen LogP contribution >= 0.6 is 0 Å². The van der Waals surface area contributed by atoms with Crippen LogP contribution in [0.5, 0.6) is 0 Å². The zero-order valence-electron chi connectivity index (χ0n) is 13.1. The van der Waals surface area contributed by atoms with Crippen molar-refractivity contribution < 1.29 is 18.0 Å². The number of carbonyl (C=O) groups excluding carboxylic acids is 1. The van der Waals surface area contributed by atoms with Gasteiger partial charge in [0.1, 0.15) is 6.33 Å². The van der Waals surface area contributed by atoms with E-state index < -0.39 is 11.7 Å². The lowest BCUT2D eigenvalue weighted by Gasteiger charge is -2.35. The molecule has 5 nitrogen and oxygen atoms in total. The fraction of sp³-hybridized carbons (Fsp3) is 0.353. The summed E-state index contributed by atoms with van der Waals surface area (Å²) in [5.74, 6) is 0. The number of halogens is 3. The van der Waals surface area contributed by atoms with Crippen molar-refractivity contribution in [2.75, 3.05) is 5.32 Å². The minimum absolute atomic E-state index is 0.0573. The number of nitrogens with zero attached hydrogens (tertiary/aromatic N) is 3. The molecule has 2 atom stereocenters. The molecule has 25 heavy (non-hydrogen) atoms. The SMILES string of the molecule is O=C(Nc1ccc(C(F)(F)F)cc1)N1[C@@H]2CC[C@H]1c1cncnc1C2. The van der Waals surface area contributed by atoms with Crippen LogP contribution in [0.25, 0.3) is 0 Å². The molecule has 1 saturated heterocycles. The molecule has 0 radical (unpaired) electrons. The molecule has 0 spiro atoms. The minimum atomic E-state index is -4.39. The average Bonchev–Trinajstić information content (AvgIpc) is 2.90. The number of hydrogen-bond donors (Lipinski definition) is 1. The molecule has 1 fully saturated rings. The van der Waals surface area contributed by atoms with Crippen LogP contribution in [-0.4, -0.2) is 26.9 Å². The Morgan fingerprint density at radius 2 is 1.96 bits per heavy atom. The highest BCUT2D eigenvalue weighted by atomic mass is 19.4. The van der Waals surface area contributed by atoms with Crippen molar-refractivity contribution >= 4 is 11.7 Å². The molecule has 4 rings (SSSR count). The number of alkyl halides is 3. The molecule has 1 N–H and O–H groups in total. The Labute approximate surface area is 141 Å². The fourth-order valence-corrected chi connectivity index (χ4v) is 3.66. The lowest BCUT2D eigenvalue weighted by molar-refractivity contribution is -0.137. The van der Waals surface area contributed by atoms with Crippen molar-refractivity contribution in [3.8, 4) is 0 Å². The van der Waals surface area contributed by atoms with Gasteiger partial charge in [0.05, 0.1) is 17.3 Å². The second-order valence-corrected chi connectivity index (χ2v) is 6.29. The van der Waals surface area contributed by atoms with Gasteiger partial charge >= 0.3 is 12.2 Å². The van der Waals surface area contributed by atoms with Gasteiger partial charge in [0.25, 0.3) is 0 Å². The number of aromatic nitrogens is 2. The van der Waals surface area contributed by atoms with E-state index in [2.05, 4.69) is 15.3 Å². The predicted octanol–water partition coefficient (Wildman–Crippen LogP) is 3.79. The summed E-state index contributed by atoms with van der Waals surface area (Å²) in [7, 11) is 0. The number of fused-ring (bicyclic) bond motifs is 4. The summed E-state index contributed by atoms with van der Waals surface area (Å²) in [6, 6.07) is 4.13. The van der Waals surface area contributed by atoms with E-state index in [4.69, 9.17) is 0 Å². The molecular formula is C17H15F3N4O. The van der Waals surface area contributed by atoms with Crippen LogP contribution in [0.3, 0.4) is 0 Å². The van der Waals surface area contributed by atoms with Crippen LogP contribution in [0.4, 0.5) is 23.7 Å². The summed E-state index contributed by atoms with van der Waals surface area (Å²) in [6.07, 6.45) is 1.25. The maximum atomic E-state index is 12.7. The first-order valence-corrected chi connectivity index (χ1v) is 7.99. The predicted molar refractivity (Wildman–Crippen MR) is 83.8 cm³/mol. The Morgan fingerprint density at radius 1 is 1.20 bits per heavy atom. The van der Waals surface area contributed by atoms with Crippen molar-refractivity contribution in [2.45, 2.75) is 37.5 Å². The van der Waals surface area contributed by atoms with Crippen molar-refractivity contribution in [3.63, 3.8) is 0 Å². The third-order valence-electron chi connectivity index (χ3n) is 4.82. The minimum Gasteiger partial charge on any atom is -0.314 e. The molecule has 0 saturated carbocycles. The summed E-state index contributed by atoms with van der Waals surface area (Å²) >= 11 is 0. The summed E-state index contributed by atoms with van der Waals surface area (Å²) in [5.41, 5.74) is 1.53. The summed E-state index contributed by atoms with van der Waals surface area (Å²) in [5, 5.41) is 2.70. The van der Waals surface area contributed by atoms with Gasteiger partial charge in [-0.3, -0.25) is 0 Å². The number of anilines is 1. The summed E-state index contributed by atoms with van der Waals surface area (Å²) < 4.78 is 37.9. The lowest BCUT2D eigenvalue weighted by atomic mass is 10.00. The van der Waals surface area contributed by atoms with E-state index in [9.17, 15) is 18.0 Å². The van der Waals surface area contributed by atoms with Crippen LogP contribution in [-0.2, 0) is 12.6 Å². The van der Waals surface area contributed by atoms with E-state index in [1.165, 1.54) is 18.5 Å². The monoisotopic (exact) mass is 348 g/mol. The number of benzene rings is 1. The third kappa shape index (κ3) is 2.81. The lowest BCUT2D eigenvalue weighted by Crippen LogP contribution is -2.44. The van der Waals surface area contributed by atoms with Crippen molar-refractivity contribution in [2.24, 2.45) is 0 Å². The van der Waals surface area contributed by atoms with Gasteiger partial charge in [-0.2, -0.15) is 13.2 Å². The van der Waals surface area contributed by atoms with Crippen LogP contribution in [0.15, 0.2) is 36.8 Å². The van der Waals surface area contributed by atoms with Gasteiger partial charge in [-0.05, 0) is 37.1 Å². The molecular weight excluding hydrogens is 333 g/mol. The second kappa shape index (κ2) is 5.72. The average molecular weight is 348 g/mol. The Kier molecular flexibility index (Phi) is 3.63. The molecule has 0 unspecified atom stereocenters. The number of hydrogen-bond acceptors (Lipinski definition) is 3. The van der Waals surface area contributed by atoms with Crippen molar-refractivity contribution in [1.82, 2.24) is 14.9 Å². The summed E-state index contributed by atoms with van der Waals surface area (Å²) in [6.45, 7) is 0. The number of rotatable bonds is 1. The quantitative estimate of drug-likeness (QED) is 0.853. The van der Waals surface area contributed by atoms with Gasteiger partial charge < -0.3 is 10.2 Å². The molecule has 2 amide bonds. The molecule has 2 aromatic rings. The van der Waals surface area contributed by atoms with Gasteiger partial charge in [-0.15, -0.1) is 0 Å². The smallest absolute Gasteiger partial charge is 0.314 e. The standard InChI is InChI=1S/C17H15F3N4O/c18-17(19,20)10-1-3-11(4-2-10)23-16(25)24-12-5-6-15(24)13-8-21-9-22-14(13)7-12/h1-4,8-9,12,15H,5-7H2,(H,23,25)/t12-,15+/m1/s1. The molecule has 3 heterocycles. The van der Waals surface area contributed by atoms with Gasteiger partial charge in [-0.1, -0.05) is 0 Å². The fourth-order valence-electron chi connectivity index (χ4n) is 3.66. The molecule has 2 aliphatic rings. The Hall–Kier alpha value is -2.64. The first-order chi connectivity index (χ1) is 11.9. The molecule has 0 aliphatic carbocycles. The van der Waals surface area contributed by atoms with Crippen LogP contribution < -0.4 is 5.32 Å². The summed E-state index contributed by atoms with van der Waals surface area (Å²) in [4.78, 5) is 22.8. The molecule has 2 aliphatic heterocycles. The first-order valence-electron chi connectivity index (χ1n) is 7.99. The number of urea groups is 1. The zero-order chi connectivity index (χ0) is 17.6. The molecule has 1 aromatic carbocycles. The van der Waals surface area contributed by atoms with E-state index in [1.807, 2.05) is 0 Å².